The smallest absolute Gasteiger partial charge is 0.253 e. The van der Waals surface area contributed by atoms with Crippen LogP contribution in [-0.2, 0) is 19.5 Å². The fourth-order valence-corrected chi connectivity index (χ4v) is 3.93. The largest absolute Gasteiger partial charge is 0.454 e. The summed E-state index contributed by atoms with van der Waals surface area (Å²) in [5.41, 5.74) is 4.91. The molecule has 30 heavy (non-hydrogen) atoms. The lowest BCUT2D eigenvalue weighted by Crippen LogP contribution is -2.30. The minimum absolute atomic E-state index is 0.131. The zero-order chi connectivity index (χ0) is 20.3. The molecule has 2 aliphatic heterocycles. The Labute approximate surface area is 175 Å². The van der Waals surface area contributed by atoms with Gasteiger partial charge in [-0.3, -0.25) is 9.78 Å². The molecule has 0 fully saturated rings. The van der Waals surface area contributed by atoms with Crippen LogP contribution in [-0.4, -0.2) is 24.2 Å². The summed E-state index contributed by atoms with van der Waals surface area (Å²) < 4.78 is 10.7. The quantitative estimate of drug-likeness (QED) is 0.706. The van der Waals surface area contributed by atoms with E-state index in [4.69, 9.17) is 9.47 Å². The molecule has 3 heterocycles. The zero-order valence-corrected chi connectivity index (χ0v) is 16.6. The summed E-state index contributed by atoms with van der Waals surface area (Å²) in [6.45, 7) is 2.44. The lowest BCUT2D eigenvalue weighted by atomic mass is 10.0. The highest BCUT2D eigenvalue weighted by Gasteiger charge is 2.20. The summed E-state index contributed by atoms with van der Waals surface area (Å²) in [7, 11) is 0. The SMILES string of the molecule is O=C(NCc1ccc2c(c1)OCO2)c1cnc2c(c1)N(Cc1ccccc1)CCC2. The minimum atomic E-state index is -0.131. The molecule has 6 heteroatoms. The second kappa shape index (κ2) is 8.06. The molecule has 0 aliphatic carbocycles. The third kappa shape index (κ3) is 3.81. The van der Waals surface area contributed by atoms with Gasteiger partial charge in [-0.2, -0.15) is 0 Å². The number of carbonyl (C=O) groups is 1. The second-order valence-electron chi connectivity index (χ2n) is 7.57. The number of anilines is 1. The van der Waals surface area contributed by atoms with Gasteiger partial charge in [-0.25, -0.2) is 0 Å². The molecule has 1 amide bonds. The van der Waals surface area contributed by atoms with Crippen molar-refractivity contribution in [1.82, 2.24) is 10.3 Å². The van der Waals surface area contributed by atoms with Crippen molar-refractivity contribution in [3.63, 3.8) is 0 Å². The Morgan fingerprint density at radius 3 is 2.80 bits per heavy atom. The van der Waals surface area contributed by atoms with Crippen molar-refractivity contribution in [1.29, 1.82) is 0 Å². The maximum absolute atomic E-state index is 12.8. The summed E-state index contributed by atoms with van der Waals surface area (Å²) in [5, 5.41) is 2.98. The van der Waals surface area contributed by atoms with Crippen LogP contribution in [0.1, 0.15) is 33.6 Å². The predicted octanol–water partition coefficient (Wildman–Crippen LogP) is 3.69. The molecule has 0 saturated heterocycles. The highest BCUT2D eigenvalue weighted by atomic mass is 16.7. The number of fused-ring (bicyclic) bond motifs is 2. The molecule has 152 valence electrons. The summed E-state index contributed by atoms with van der Waals surface area (Å²) in [6.07, 6.45) is 3.70. The number of carbonyl (C=O) groups excluding carboxylic acids is 1. The summed E-state index contributed by atoms with van der Waals surface area (Å²) in [5.74, 6) is 1.32. The van der Waals surface area contributed by atoms with E-state index in [-0.39, 0.29) is 12.7 Å². The number of aryl methyl sites for hydroxylation is 1. The first kappa shape index (κ1) is 18.5. The van der Waals surface area contributed by atoms with E-state index in [2.05, 4.69) is 39.5 Å². The Bertz CT molecular complexity index is 1070. The zero-order valence-electron chi connectivity index (χ0n) is 16.6. The predicted molar refractivity (Wildman–Crippen MR) is 114 cm³/mol. The van der Waals surface area contributed by atoms with Gasteiger partial charge in [0.1, 0.15) is 0 Å². The molecule has 3 aromatic rings. The monoisotopic (exact) mass is 401 g/mol. The molecule has 1 N–H and O–H groups in total. The van der Waals surface area contributed by atoms with E-state index >= 15 is 0 Å². The van der Waals surface area contributed by atoms with E-state index < -0.39 is 0 Å². The van der Waals surface area contributed by atoms with Crippen LogP contribution in [0.5, 0.6) is 11.5 Å². The van der Waals surface area contributed by atoms with E-state index in [1.165, 1.54) is 5.56 Å². The Kier molecular flexibility index (Phi) is 4.97. The van der Waals surface area contributed by atoms with Gasteiger partial charge in [-0.05, 0) is 42.2 Å². The van der Waals surface area contributed by atoms with Gasteiger partial charge < -0.3 is 19.7 Å². The molecule has 0 unspecified atom stereocenters. The number of hydrogen-bond acceptors (Lipinski definition) is 5. The van der Waals surface area contributed by atoms with Crippen LogP contribution in [0.4, 0.5) is 5.69 Å². The third-order valence-electron chi connectivity index (χ3n) is 5.50. The van der Waals surface area contributed by atoms with Crippen LogP contribution in [0.25, 0.3) is 0 Å². The van der Waals surface area contributed by atoms with Crippen LogP contribution in [0.3, 0.4) is 0 Å². The van der Waals surface area contributed by atoms with Gasteiger partial charge in [0.2, 0.25) is 6.79 Å². The fraction of sp³-hybridized carbons (Fsp3) is 0.250. The molecule has 0 bridgehead atoms. The molecule has 0 atom stereocenters. The first-order chi connectivity index (χ1) is 14.8. The van der Waals surface area contributed by atoms with Crippen molar-refractivity contribution in [2.75, 3.05) is 18.2 Å². The van der Waals surface area contributed by atoms with Gasteiger partial charge in [0.15, 0.2) is 11.5 Å². The van der Waals surface area contributed by atoms with Crippen molar-refractivity contribution in [3.8, 4) is 11.5 Å². The third-order valence-corrected chi connectivity index (χ3v) is 5.50. The van der Waals surface area contributed by atoms with Crippen molar-refractivity contribution in [3.05, 3.63) is 83.2 Å². The van der Waals surface area contributed by atoms with E-state index in [0.717, 1.165) is 48.6 Å². The summed E-state index contributed by atoms with van der Waals surface area (Å²) in [6, 6.07) is 18.1. The Hall–Kier alpha value is -3.54. The number of benzene rings is 2. The first-order valence-electron chi connectivity index (χ1n) is 10.2. The number of amides is 1. The molecule has 2 aromatic carbocycles. The normalized spacial score (nSPS) is 14.3. The molecule has 5 rings (SSSR count). The van der Waals surface area contributed by atoms with Crippen LogP contribution >= 0.6 is 0 Å². The number of hydrogen-bond donors (Lipinski definition) is 1. The molecule has 0 radical (unpaired) electrons. The molecular formula is C24H23N3O3. The summed E-state index contributed by atoms with van der Waals surface area (Å²) in [4.78, 5) is 19.7. The summed E-state index contributed by atoms with van der Waals surface area (Å²) >= 11 is 0. The van der Waals surface area contributed by atoms with E-state index in [0.29, 0.717) is 17.9 Å². The van der Waals surface area contributed by atoms with Crippen LogP contribution < -0.4 is 19.7 Å². The van der Waals surface area contributed by atoms with Crippen LogP contribution in [0, 0.1) is 0 Å². The van der Waals surface area contributed by atoms with Crippen molar-refractivity contribution in [2.45, 2.75) is 25.9 Å². The van der Waals surface area contributed by atoms with Gasteiger partial charge in [0, 0.05) is 25.8 Å². The Balaban J connectivity index is 1.30. The van der Waals surface area contributed by atoms with E-state index in [1.54, 1.807) is 6.20 Å². The van der Waals surface area contributed by atoms with Gasteiger partial charge >= 0.3 is 0 Å². The molecule has 2 aliphatic rings. The number of ether oxygens (including phenoxy) is 2. The molecule has 0 spiro atoms. The van der Waals surface area contributed by atoms with Crippen molar-refractivity contribution < 1.29 is 14.3 Å². The topological polar surface area (TPSA) is 63.7 Å². The van der Waals surface area contributed by atoms with Gasteiger partial charge in [-0.15, -0.1) is 0 Å². The van der Waals surface area contributed by atoms with Crippen LogP contribution in [0.2, 0.25) is 0 Å². The fourth-order valence-electron chi connectivity index (χ4n) is 3.93. The number of rotatable bonds is 5. The molecular weight excluding hydrogens is 378 g/mol. The Morgan fingerprint density at radius 1 is 1.03 bits per heavy atom. The highest BCUT2D eigenvalue weighted by Crippen LogP contribution is 2.32. The minimum Gasteiger partial charge on any atom is -0.454 e. The molecule has 0 saturated carbocycles. The van der Waals surface area contributed by atoms with Gasteiger partial charge in [-0.1, -0.05) is 36.4 Å². The molecule has 1 aromatic heterocycles. The van der Waals surface area contributed by atoms with E-state index in [9.17, 15) is 4.79 Å². The van der Waals surface area contributed by atoms with Crippen LogP contribution in [0.15, 0.2) is 60.8 Å². The number of aromatic nitrogens is 1. The van der Waals surface area contributed by atoms with E-state index in [1.807, 2.05) is 30.3 Å². The van der Waals surface area contributed by atoms with Gasteiger partial charge in [0.25, 0.3) is 5.91 Å². The molecule has 6 nitrogen and oxygen atoms in total. The maximum atomic E-state index is 12.8. The van der Waals surface area contributed by atoms with Gasteiger partial charge in [0.05, 0.1) is 16.9 Å². The number of pyridine rings is 1. The number of nitrogens with one attached hydrogen (secondary N) is 1. The maximum Gasteiger partial charge on any atom is 0.253 e. The van der Waals surface area contributed by atoms with Crippen molar-refractivity contribution in [2.24, 2.45) is 0 Å². The standard InChI is InChI=1S/C24H23N3O3/c28-24(26-13-18-8-9-22-23(11-18)30-16-29-22)19-12-21-20(25-14-19)7-4-10-27(21)15-17-5-2-1-3-6-17/h1-3,5-6,8-9,11-12,14H,4,7,10,13,15-16H2,(H,26,28). The first-order valence-corrected chi connectivity index (χ1v) is 10.2. The lowest BCUT2D eigenvalue weighted by molar-refractivity contribution is 0.0950. The Morgan fingerprint density at radius 2 is 1.90 bits per heavy atom. The highest BCUT2D eigenvalue weighted by molar-refractivity contribution is 5.95. The second-order valence-corrected chi connectivity index (χ2v) is 7.57. The number of nitrogens with zero attached hydrogens (tertiary/aromatic N) is 2. The lowest BCUT2D eigenvalue weighted by Gasteiger charge is -2.31. The van der Waals surface area contributed by atoms with Crippen molar-refractivity contribution >= 4 is 11.6 Å². The average molecular weight is 401 g/mol. The average Bonchev–Trinajstić information content (AvgIpc) is 3.26.